The van der Waals surface area contributed by atoms with Crippen molar-refractivity contribution in [3.8, 4) is 0 Å². The van der Waals surface area contributed by atoms with Gasteiger partial charge in [-0.3, -0.25) is 13.9 Å². The van der Waals surface area contributed by atoms with Crippen molar-refractivity contribution in [1.29, 1.82) is 0 Å². The first-order chi connectivity index (χ1) is 8.01. The Kier molecular flexibility index (Phi) is 7.06. The van der Waals surface area contributed by atoms with Crippen LogP contribution in [0.3, 0.4) is 0 Å². The van der Waals surface area contributed by atoms with Crippen LogP contribution in [0, 0.1) is 0 Å². The molecule has 0 aliphatic heterocycles. The first-order valence-corrected chi connectivity index (χ1v) is 9.54. The Labute approximate surface area is 108 Å². The van der Waals surface area contributed by atoms with Crippen LogP contribution in [0.1, 0.15) is 13.3 Å². The molecule has 0 fully saturated rings. The van der Waals surface area contributed by atoms with E-state index in [4.69, 9.17) is 9.08 Å². The molecular formula is C9H20NO6PS. The van der Waals surface area contributed by atoms with Crippen molar-refractivity contribution in [2.45, 2.75) is 13.3 Å². The molecular weight excluding hydrogens is 281 g/mol. The fourth-order valence-electron chi connectivity index (χ4n) is 1.24. The Bertz CT molecular complexity index is 415. The summed E-state index contributed by atoms with van der Waals surface area (Å²) in [6.45, 7) is 4.89. The predicted molar refractivity (Wildman–Crippen MR) is 68.7 cm³/mol. The Balaban J connectivity index is 4.09. The molecule has 0 aromatic carbocycles. The minimum absolute atomic E-state index is 0.135. The summed E-state index contributed by atoms with van der Waals surface area (Å²) in [6, 6.07) is 0. The van der Waals surface area contributed by atoms with Crippen LogP contribution in [0.2, 0.25) is 0 Å². The number of amides is 1. The van der Waals surface area contributed by atoms with E-state index in [0.29, 0.717) is 0 Å². The summed E-state index contributed by atoms with van der Waals surface area (Å²) < 4.78 is 45.9. The van der Waals surface area contributed by atoms with Gasteiger partial charge in [0.05, 0.1) is 12.4 Å². The molecule has 0 radical (unpaired) electrons. The van der Waals surface area contributed by atoms with Crippen LogP contribution in [-0.4, -0.2) is 62.6 Å². The minimum Gasteiger partial charge on any atom is -0.341 e. The Morgan fingerprint density at radius 2 is 1.89 bits per heavy atom. The Morgan fingerprint density at radius 3 is 2.28 bits per heavy atom. The van der Waals surface area contributed by atoms with Crippen molar-refractivity contribution in [3.63, 3.8) is 0 Å². The molecule has 0 spiro atoms. The van der Waals surface area contributed by atoms with Crippen LogP contribution < -0.4 is 0 Å². The predicted octanol–water partition coefficient (Wildman–Crippen LogP) is 0.667. The van der Waals surface area contributed by atoms with E-state index in [1.807, 2.05) is 0 Å². The van der Waals surface area contributed by atoms with Crippen LogP contribution in [0.4, 0.5) is 0 Å². The van der Waals surface area contributed by atoms with Crippen molar-refractivity contribution in [2.24, 2.45) is 0 Å². The second-order valence-electron chi connectivity index (χ2n) is 4.23. The largest absolute Gasteiger partial charge is 0.341 e. The van der Waals surface area contributed by atoms with E-state index in [9.17, 15) is 17.8 Å². The molecule has 0 saturated carbocycles. The molecule has 0 heterocycles. The number of rotatable bonds is 8. The number of carbonyl (C=O) groups excluding carboxylic acids is 1. The van der Waals surface area contributed by atoms with Gasteiger partial charge in [-0.25, -0.2) is 0 Å². The van der Waals surface area contributed by atoms with E-state index in [0.717, 1.165) is 0 Å². The maximum Gasteiger partial charge on any atom is 0.264 e. The highest BCUT2D eigenvalue weighted by atomic mass is 32.2. The highest BCUT2D eigenvalue weighted by molar-refractivity contribution is 7.85. The molecule has 18 heavy (non-hydrogen) atoms. The van der Waals surface area contributed by atoms with Gasteiger partial charge in [-0.15, -0.1) is 0 Å². The highest BCUT2D eigenvalue weighted by Gasteiger charge is 2.13. The second-order valence-corrected chi connectivity index (χ2v) is 8.57. The maximum absolute atomic E-state index is 11.3. The molecule has 7 nitrogen and oxygen atoms in total. The van der Waals surface area contributed by atoms with Gasteiger partial charge in [-0.2, -0.15) is 8.42 Å². The molecule has 1 amide bonds. The zero-order valence-electron chi connectivity index (χ0n) is 10.8. The highest BCUT2D eigenvalue weighted by Crippen LogP contribution is 2.36. The summed E-state index contributed by atoms with van der Waals surface area (Å²) in [5.74, 6) is -0.617. The summed E-state index contributed by atoms with van der Waals surface area (Å²) >= 11 is 0. The molecule has 0 aromatic heterocycles. The number of hydrogen-bond donors (Lipinski definition) is 1. The van der Waals surface area contributed by atoms with E-state index in [1.165, 1.54) is 25.2 Å². The van der Waals surface area contributed by atoms with Gasteiger partial charge in [-0.1, -0.05) is 0 Å². The lowest BCUT2D eigenvalue weighted by Crippen LogP contribution is -2.33. The van der Waals surface area contributed by atoms with Gasteiger partial charge >= 0.3 is 0 Å². The average molecular weight is 301 g/mol. The minimum atomic E-state index is -4.00. The molecule has 0 unspecified atom stereocenters. The summed E-state index contributed by atoms with van der Waals surface area (Å²) in [5, 5.41) is 0. The third-order valence-electron chi connectivity index (χ3n) is 2.04. The Morgan fingerprint density at radius 1 is 1.33 bits per heavy atom. The second kappa shape index (κ2) is 7.23. The van der Waals surface area contributed by atoms with Crippen molar-refractivity contribution in [1.82, 2.24) is 4.90 Å². The topological polar surface area (TPSA) is 101 Å². The molecule has 0 aromatic rings. The summed E-state index contributed by atoms with van der Waals surface area (Å²) in [7, 11) is -6.58. The lowest BCUT2D eigenvalue weighted by atomic mass is 10.4. The normalized spacial score (nSPS) is 12.4. The van der Waals surface area contributed by atoms with Crippen LogP contribution in [0.5, 0.6) is 0 Å². The van der Waals surface area contributed by atoms with E-state index in [2.05, 4.69) is 0 Å². The van der Waals surface area contributed by atoms with Gasteiger partial charge in [0.15, 0.2) is 7.37 Å². The first-order valence-electron chi connectivity index (χ1n) is 5.41. The first kappa shape index (κ1) is 17.6. The molecule has 0 rings (SSSR count). The summed E-state index contributed by atoms with van der Waals surface area (Å²) in [6.07, 6.45) is 0.147. The van der Waals surface area contributed by atoms with Gasteiger partial charge < -0.3 is 9.42 Å². The quantitative estimate of drug-likeness (QED) is 0.522. The SMILES string of the molecule is CC(=O)N(CCCS(=O)(=O)O)CCOP(C)(C)=O. The molecule has 0 aliphatic rings. The van der Waals surface area contributed by atoms with Gasteiger partial charge in [-0.05, 0) is 6.42 Å². The lowest BCUT2D eigenvalue weighted by Gasteiger charge is -2.21. The number of hydrogen-bond acceptors (Lipinski definition) is 5. The molecule has 0 atom stereocenters. The number of nitrogens with zero attached hydrogens (tertiary/aromatic N) is 1. The zero-order chi connectivity index (χ0) is 14.4. The average Bonchev–Trinajstić information content (AvgIpc) is 2.11. The maximum atomic E-state index is 11.3. The third kappa shape index (κ3) is 10.7. The summed E-state index contributed by atoms with van der Waals surface area (Å²) in [5.41, 5.74) is 0. The van der Waals surface area contributed by atoms with Gasteiger partial charge in [0.25, 0.3) is 10.1 Å². The standard InChI is InChI=1S/C9H20NO6PS/c1-9(11)10(5-4-8-18(13,14)15)6-7-16-17(2,3)12/h4-8H2,1-3H3,(H,13,14,15). The van der Waals surface area contributed by atoms with Crippen LogP contribution in [0.25, 0.3) is 0 Å². The van der Waals surface area contributed by atoms with E-state index >= 15 is 0 Å². The fourth-order valence-corrected chi connectivity index (χ4v) is 2.25. The van der Waals surface area contributed by atoms with E-state index < -0.39 is 23.2 Å². The van der Waals surface area contributed by atoms with Gasteiger partial charge in [0.2, 0.25) is 5.91 Å². The van der Waals surface area contributed by atoms with E-state index in [1.54, 1.807) is 0 Å². The fraction of sp³-hybridized carbons (Fsp3) is 0.889. The molecule has 1 N–H and O–H groups in total. The molecule has 108 valence electrons. The van der Waals surface area contributed by atoms with Crippen molar-refractivity contribution in [3.05, 3.63) is 0 Å². The van der Waals surface area contributed by atoms with Gasteiger partial charge in [0.1, 0.15) is 0 Å². The zero-order valence-corrected chi connectivity index (χ0v) is 12.5. The third-order valence-corrected chi connectivity index (χ3v) is 3.65. The van der Waals surface area contributed by atoms with Gasteiger partial charge in [0, 0.05) is 33.3 Å². The van der Waals surface area contributed by atoms with Crippen molar-refractivity contribution in [2.75, 3.05) is 38.8 Å². The monoisotopic (exact) mass is 301 g/mol. The smallest absolute Gasteiger partial charge is 0.264 e. The van der Waals surface area contributed by atoms with E-state index in [-0.39, 0.29) is 32.0 Å². The lowest BCUT2D eigenvalue weighted by molar-refractivity contribution is -0.129. The van der Waals surface area contributed by atoms with Crippen LogP contribution in [0.15, 0.2) is 0 Å². The van der Waals surface area contributed by atoms with Crippen LogP contribution >= 0.6 is 7.37 Å². The van der Waals surface area contributed by atoms with Crippen LogP contribution in [-0.2, 0) is 24.0 Å². The number of carbonyl (C=O) groups is 1. The summed E-state index contributed by atoms with van der Waals surface area (Å²) in [4.78, 5) is 12.6. The molecule has 9 heteroatoms. The molecule has 0 bridgehead atoms. The van der Waals surface area contributed by atoms with Crippen molar-refractivity contribution >= 4 is 23.4 Å². The molecule has 0 saturated heterocycles. The molecule has 0 aliphatic carbocycles. The Hall–Kier alpha value is -0.430. The van der Waals surface area contributed by atoms with Crippen molar-refractivity contribution < 1.29 is 26.9 Å².